The third-order valence-corrected chi connectivity index (χ3v) is 3.22. The van der Waals surface area contributed by atoms with Gasteiger partial charge in [-0.3, -0.25) is 0 Å². The summed E-state index contributed by atoms with van der Waals surface area (Å²) in [7, 11) is 0. The normalized spacial score (nSPS) is 12.7. The van der Waals surface area contributed by atoms with Crippen LogP contribution in [0, 0.1) is 0 Å². The van der Waals surface area contributed by atoms with Crippen molar-refractivity contribution in [3.63, 3.8) is 0 Å². The van der Waals surface area contributed by atoms with Crippen molar-refractivity contribution >= 4 is 34.2 Å². The molecule has 0 saturated heterocycles. The van der Waals surface area contributed by atoms with Gasteiger partial charge in [0.05, 0.1) is 6.21 Å². The Kier molecular flexibility index (Phi) is 4.24. The van der Waals surface area contributed by atoms with Gasteiger partial charge in [0, 0.05) is 10.9 Å². The Morgan fingerprint density at radius 1 is 1.30 bits per heavy atom. The molecule has 0 aliphatic rings. The SMILES string of the molecule is C=CC(/C=N/Nc1nnc2c(n1)[nH]c1ccccc12)=C\C=C/C. The standard InChI is InChI=1S/C17H16N6/c1-3-5-8-12(4-2)11-18-22-17-20-16-15(21-23-17)13-9-6-7-10-14(13)19-16/h3-11H,2H2,1H3,(H2,19,20,22,23)/b5-3-,12-8+,18-11+. The van der Waals surface area contributed by atoms with Crippen LogP contribution in [0.3, 0.4) is 0 Å². The number of hydrogen-bond donors (Lipinski definition) is 2. The van der Waals surface area contributed by atoms with Crippen molar-refractivity contribution < 1.29 is 0 Å². The minimum absolute atomic E-state index is 0.328. The van der Waals surface area contributed by atoms with E-state index in [9.17, 15) is 0 Å². The monoisotopic (exact) mass is 304 g/mol. The largest absolute Gasteiger partial charge is 0.338 e. The fourth-order valence-electron chi connectivity index (χ4n) is 2.10. The first-order valence-electron chi connectivity index (χ1n) is 7.17. The Bertz CT molecular complexity index is 933. The summed E-state index contributed by atoms with van der Waals surface area (Å²) in [4.78, 5) is 7.60. The Hall–Kier alpha value is -3.28. The second kappa shape index (κ2) is 6.65. The van der Waals surface area contributed by atoms with E-state index in [1.165, 1.54) is 0 Å². The highest BCUT2D eigenvalue weighted by molar-refractivity contribution is 6.03. The van der Waals surface area contributed by atoms with Gasteiger partial charge in [-0.1, -0.05) is 49.1 Å². The molecule has 6 heteroatoms. The van der Waals surface area contributed by atoms with Crippen LogP contribution in [0.2, 0.25) is 0 Å². The predicted molar refractivity (Wildman–Crippen MR) is 94.4 cm³/mol. The zero-order valence-corrected chi connectivity index (χ0v) is 12.7. The summed E-state index contributed by atoms with van der Waals surface area (Å²) in [6, 6.07) is 7.88. The molecule has 3 aromatic rings. The van der Waals surface area contributed by atoms with Gasteiger partial charge in [0.25, 0.3) is 5.95 Å². The second-order valence-corrected chi connectivity index (χ2v) is 4.77. The van der Waals surface area contributed by atoms with E-state index in [-0.39, 0.29) is 0 Å². The molecule has 0 aliphatic heterocycles. The van der Waals surface area contributed by atoms with Gasteiger partial charge < -0.3 is 4.98 Å². The molecule has 3 rings (SSSR count). The van der Waals surface area contributed by atoms with Crippen molar-refractivity contribution in [2.24, 2.45) is 5.10 Å². The Morgan fingerprint density at radius 2 is 2.17 bits per heavy atom. The van der Waals surface area contributed by atoms with E-state index in [4.69, 9.17) is 0 Å². The minimum atomic E-state index is 0.328. The summed E-state index contributed by atoms with van der Waals surface area (Å²) in [5.41, 5.74) is 6.04. The average Bonchev–Trinajstić information content (AvgIpc) is 2.95. The van der Waals surface area contributed by atoms with Gasteiger partial charge in [0.2, 0.25) is 0 Å². The van der Waals surface area contributed by atoms with Crippen LogP contribution in [0.1, 0.15) is 6.92 Å². The van der Waals surface area contributed by atoms with Crippen LogP contribution in [0.5, 0.6) is 0 Å². The lowest BCUT2D eigenvalue weighted by Gasteiger charge is -1.97. The van der Waals surface area contributed by atoms with E-state index in [1.807, 2.05) is 49.4 Å². The molecule has 23 heavy (non-hydrogen) atoms. The fourth-order valence-corrected chi connectivity index (χ4v) is 2.10. The van der Waals surface area contributed by atoms with Gasteiger partial charge >= 0.3 is 0 Å². The van der Waals surface area contributed by atoms with Crippen molar-refractivity contribution in [3.05, 3.63) is 60.7 Å². The molecular weight excluding hydrogens is 288 g/mol. The first-order chi connectivity index (χ1) is 11.3. The summed E-state index contributed by atoms with van der Waals surface area (Å²) in [6.07, 6.45) is 9.11. The number of nitrogens with zero attached hydrogens (tertiary/aromatic N) is 4. The van der Waals surface area contributed by atoms with Crippen LogP contribution in [0.25, 0.3) is 22.1 Å². The van der Waals surface area contributed by atoms with Gasteiger partial charge in [-0.05, 0) is 18.6 Å². The quantitative estimate of drug-likeness (QED) is 0.429. The Balaban J connectivity index is 1.83. The average molecular weight is 304 g/mol. The summed E-state index contributed by atoms with van der Waals surface area (Å²) >= 11 is 0. The molecule has 2 aromatic heterocycles. The van der Waals surface area contributed by atoms with Gasteiger partial charge in [-0.15, -0.1) is 10.2 Å². The maximum atomic E-state index is 4.38. The number of anilines is 1. The molecule has 0 saturated carbocycles. The van der Waals surface area contributed by atoms with Crippen LogP contribution >= 0.6 is 0 Å². The molecule has 0 aliphatic carbocycles. The van der Waals surface area contributed by atoms with Gasteiger partial charge in [-0.2, -0.15) is 10.1 Å². The van der Waals surface area contributed by atoms with Gasteiger partial charge in [-0.25, -0.2) is 5.43 Å². The predicted octanol–water partition coefficient (Wildman–Crippen LogP) is 3.59. The first-order valence-corrected chi connectivity index (χ1v) is 7.17. The van der Waals surface area contributed by atoms with Crippen LogP contribution in [0.15, 0.2) is 65.8 Å². The molecule has 1 aromatic carbocycles. The van der Waals surface area contributed by atoms with Crippen LogP contribution < -0.4 is 5.43 Å². The number of para-hydroxylation sites is 1. The number of nitrogens with one attached hydrogen (secondary N) is 2. The summed E-state index contributed by atoms with van der Waals surface area (Å²) in [5.74, 6) is 0.328. The summed E-state index contributed by atoms with van der Waals surface area (Å²) in [6.45, 7) is 5.68. The number of H-pyrrole nitrogens is 1. The van der Waals surface area contributed by atoms with Crippen molar-refractivity contribution in [2.75, 3.05) is 5.43 Å². The van der Waals surface area contributed by atoms with E-state index < -0.39 is 0 Å². The zero-order valence-electron chi connectivity index (χ0n) is 12.7. The number of benzene rings is 1. The van der Waals surface area contributed by atoms with Crippen LogP contribution in [-0.2, 0) is 0 Å². The molecule has 0 fully saturated rings. The fraction of sp³-hybridized carbons (Fsp3) is 0.0588. The number of hydrogen-bond acceptors (Lipinski definition) is 5. The van der Waals surface area contributed by atoms with Crippen molar-refractivity contribution in [1.82, 2.24) is 20.2 Å². The molecule has 114 valence electrons. The molecule has 0 amide bonds. The highest BCUT2D eigenvalue weighted by atomic mass is 15.4. The Morgan fingerprint density at radius 3 is 3.00 bits per heavy atom. The topological polar surface area (TPSA) is 78.8 Å². The molecule has 2 heterocycles. The molecule has 6 nitrogen and oxygen atoms in total. The number of aromatic nitrogens is 4. The summed E-state index contributed by atoms with van der Waals surface area (Å²) < 4.78 is 0. The Labute approximate surface area is 133 Å². The molecule has 0 bridgehead atoms. The molecule has 0 unspecified atom stereocenters. The molecule has 0 atom stereocenters. The van der Waals surface area contributed by atoms with Crippen molar-refractivity contribution in [3.8, 4) is 0 Å². The number of rotatable bonds is 5. The van der Waals surface area contributed by atoms with E-state index in [0.29, 0.717) is 11.6 Å². The lowest BCUT2D eigenvalue weighted by atomic mass is 10.2. The smallest absolute Gasteiger partial charge is 0.265 e. The number of hydrazone groups is 1. The third-order valence-electron chi connectivity index (χ3n) is 3.22. The summed E-state index contributed by atoms with van der Waals surface area (Å²) in [5, 5.41) is 13.4. The second-order valence-electron chi connectivity index (χ2n) is 4.77. The molecule has 0 spiro atoms. The zero-order chi connectivity index (χ0) is 16.1. The lowest BCUT2D eigenvalue weighted by molar-refractivity contribution is 1.01. The van der Waals surface area contributed by atoms with E-state index in [1.54, 1.807) is 12.3 Å². The molecular formula is C17H16N6. The highest BCUT2D eigenvalue weighted by Gasteiger charge is 2.07. The van der Waals surface area contributed by atoms with E-state index in [0.717, 1.165) is 22.0 Å². The van der Waals surface area contributed by atoms with E-state index >= 15 is 0 Å². The highest BCUT2D eigenvalue weighted by Crippen LogP contribution is 2.21. The number of allylic oxidation sites excluding steroid dienone is 5. The van der Waals surface area contributed by atoms with Crippen LogP contribution in [0.4, 0.5) is 5.95 Å². The van der Waals surface area contributed by atoms with Crippen molar-refractivity contribution in [1.29, 1.82) is 0 Å². The third kappa shape index (κ3) is 3.16. The maximum Gasteiger partial charge on any atom is 0.265 e. The van der Waals surface area contributed by atoms with Crippen LogP contribution in [-0.4, -0.2) is 26.4 Å². The molecule has 2 N–H and O–H groups in total. The number of fused-ring (bicyclic) bond motifs is 3. The maximum absolute atomic E-state index is 4.38. The van der Waals surface area contributed by atoms with Gasteiger partial charge in [0.1, 0.15) is 5.52 Å². The lowest BCUT2D eigenvalue weighted by Crippen LogP contribution is -1.99. The molecule has 0 radical (unpaired) electrons. The van der Waals surface area contributed by atoms with Crippen molar-refractivity contribution in [2.45, 2.75) is 6.92 Å². The first kappa shape index (κ1) is 14.6. The van der Waals surface area contributed by atoms with Gasteiger partial charge in [0.15, 0.2) is 5.65 Å². The minimum Gasteiger partial charge on any atom is -0.338 e. The number of aromatic amines is 1. The van der Waals surface area contributed by atoms with E-state index in [2.05, 4.69) is 37.3 Å².